The predicted molar refractivity (Wildman–Crippen MR) is 39.8 cm³/mol. The van der Waals surface area contributed by atoms with Gasteiger partial charge >= 0.3 is 0 Å². The van der Waals surface area contributed by atoms with Gasteiger partial charge in [-0.2, -0.15) is 5.10 Å². The molecule has 0 radical (unpaired) electrons. The molecule has 0 unspecified atom stereocenters. The maximum absolute atomic E-state index is 10.9. The average molecular weight is 154 g/mol. The molecule has 4 heteroatoms. The minimum Gasteiger partial charge on any atom is -0.481 e. The van der Waals surface area contributed by atoms with E-state index in [1.807, 2.05) is 0 Å². The van der Waals surface area contributed by atoms with E-state index in [1.165, 1.54) is 24.9 Å². The second kappa shape index (κ2) is 2.74. The van der Waals surface area contributed by atoms with Crippen molar-refractivity contribution in [1.82, 2.24) is 9.78 Å². The molecule has 1 heterocycles. The molecule has 0 aromatic carbocycles. The normalized spacial score (nSPS) is 9.73. The van der Waals surface area contributed by atoms with Gasteiger partial charge in [0, 0.05) is 7.05 Å². The largest absolute Gasteiger partial charge is 0.481 e. The first-order chi connectivity index (χ1) is 5.16. The Labute approximate surface area is 64.8 Å². The molecule has 0 aliphatic heterocycles. The molecule has 0 amide bonds. The first-order valence-electron chi connectivity index (χ1n) is 3.23. The van der Waals surface area contributed by atoms with E-state index in [0.717, 1.165) is 0 Å². The lowest BCUT2D eigenvalue weighted by atomic mass is 10.2. The van der Waals surface area contributed by atoms with Crippen LogP contribution in [0, 0.1) is 0 Å². The lowest BCUT2D eigenvalue weighted by Crippen LogP contribution is -1.99. The van der Waals surface area contributed by atoms with Crippen LogP contribution in [0.1, 0.15) is 17.3 Å². The predicted octanol–water partition coefficient (Wildman–Crippen LogP) is 0.631. The second-order valence-corrected chi connectivity index (χ2v) is 2.25. The molecule has 0 aliphatic rings. The zero-order chi connectivity index (χ0) is 8.43. The van der Waals surface area contributed by atoms with Crippen molar-refractivity contribution in [2.45, 2.75) is 6.92 Å². The smallest absolute Gasteiger partial charge is 0.222 e. The van der Waals surface area contributed by atoms with E-state index in [1.54, 1.807) is 7.05 Å². The highest BCUT2D eigenvalue weighted by molar-refractivity contribution is 5.96. The van der Waals surface area contributed by atoms with Crippen molar-refractivity contribution in [3.63, 3.8) is 0 Å². The van der Waals surface area contributed by atoms with Crippen LogP contribution in [-0.4, -0.2) is 22.7 Å². The number of aromatic nitrogens is 2. The van der Waals surface area contributed by atoms with E-state index >= 15 is 0 Å². The van der Waals surface area contributed by atoms with Crippen molar-refractivity contribution in [3.8, 4) is 5.88 Å². The molecule has 0 spiro atoms. The third kappa shape index (κ3) is 1.24. The Morgan fingerprint density at radius 1 is 1.73 bits per heavy atom. The number of methoxy groups -OCH3 is 1. The van der Waals surface area contributed by atoms with Crippen molar-refractivity contribution in [3.05, 3.63) is 11.8 Å². The van der Waals surface area contributed by atoms with Crippen LogP contribution in [0.15, 0.2) is 6.20 Å². The van der Waals surface area contributed by atoms with Gasteiger partial charge in [-0.05, 0) is 6.92 Å². The number of hydrogen-bond acceptors (Lipinski definition) is 3. The average Bonchev–Trinajstić information content (AvgIpc) is 2.30. The second-order valence-electron chi connectivity index (χ2n) is 2.25. The van der Waals surface area contributed by atoms with E-state index in [0.29, 0.717) is 11.4 Å². The summed E-state index contributed by atoms with van der Waals surface area (Å²) in [5.74, 6) is 0.479. The van der Waals surface area contributed by atoms with Gasteiger partial charge in [0.2, 0.25) is 5.88 Å². The van der Waals surface area contributed by atoms with Crippen LogP contribution in [0.25, 0.3) is 0 Å². The standard InChI is InChI=1S/C7H10N2O2/c1-5(10)6-4-8-9(2)7(6)11-3/h4H,1-3H3. The molecule has 0 saturated heterocycles. The zero-order valence-electron chi connectivity index (χ0n) is 6.79. The number of Topliss-reactive ketones (excluding diaryl/α,β-unsaturated/α-hetero) is 1. The minimum atomic E-state index is -0.0325. The summed E-state index contributed by atoms with van der Waals surface area (Å²) in [5, 5.41) is 3.88. The Kier molecular flexibility index (Phi) is 1.94. The Bertz CT molecular complexity index is 278. The van der Waals surface area contributed by atoms with Crippen molar-refractivity contribution in [1.29, 1.82) is 0 Å². The first kappa shape index (κ1) is 7.78. The Hall–Kier alpha value is -1.32. The summed E-state index contributed by atoms with van der Waals surface area (Å²) in [5.41, 5.74) is 0.523. The Balaban J connectivity index is 3.15. The first-order valence-corrected chi connectivity index (χ1v) is 3.23. The fraction of sp³-hybridized carbons (Fsp3) is 0.429. The topological polar surface area (TPSA) is 44.1 Å². The van der Waals surface area contributed by atoms with E-state index in [9.17, 15) is 4.79 Å². The van der Waals surface area contributed by atoms with Crippen LogP contribution < -0.4 is 4.74 Å². The number of nitrogens with zero attached hydrogens (tertiary/aromatic N) is 2. The van der Waals surface area contributed by atoms with E-state index < -0.39 is 0 Å². The van der Waals surface area contributed by atoms with E-state index in [4.69, 9.17) is 4.74 Å². The third-order valence-corrected chi connectivity index (χ3v) is 1.46. The van der Waals surface area contributed by atoms with Crippen LogP contribution in [0.5, 0.6) is 5.88 Å². The molecule has 0 N–H and O–H groups in total. The fourth-order valence-corrected chi connectivity index (χ4v) is 0.910. The maximum Gasteiger partial charge on any atom is 0.222 e. The lowest BCUT2D eigenvalue weighted by Gasteiger charge is -2.00. The summed E-state index contributed by atoms with van der Waals surface area (Å²) in [6.07, 6.45) is 1.50. The molecule has 0 aliphatic carbocycles. The zero-order valence-corrected chi connectivity index (χ0v) is 6.79. The summed E-state index contributed by atoms with van der Waals surface area (Å²) < 4.78 is 6.48. The number of ketones is 1. The van der Waals surface area contributed by atoms with Gasteiger partial charge < -0.3 is 4.74 Å². The lowest BCUT2D eigenvalue weighted by molar-refractivity contribution is 0.101. The van der Waals surface area contributed by atoms with Crippen LogP contribution in [0.4, 0.5) is 0 Å². The molecular weight excluding hydrogens is 144 g/mol. The molecular formula is C7H10N2O2. The number of carbonyl (C=O) groups excluding carboxylic acids is 1. The summed E-state index contributed by atoms with van der Waals surface area (Å²) in [7, 11) is 3.24. The van der Waals surface area contributed by atoms with Crippen LogP contribution in [-0.2, 0) is 7.05 Å². The molecule has 1 rings (SSSR count). The molecule has 4 nitrogen and oxygen atoms in total. The highest BCUT2D eigenvalue weighted by atomic mass is 16.5. The summed E-state index contributed by atoms with van der Waals surface area (Å²) in [6, 6.07) is 0. The van der Waals surface area contributed by atoms with Crippen LogP contribution in [0.2, 0.25) is 0 Å². The van der Waals surface area contributed by atoms with E-state index in [2.05, 4.69) is 5.10 Å². The highest BCUT2D eigenvalue weighted by Gasteiger charge is 2.11. The number of ether oxygens (including phenoxy) is 1. The molecule has 0 atom stereocenters. The van der Waals surface area contributed by atoms with Gasteiger partial charge in [-0.3, -0.25) is 4.79 Å². The van der Waals surface area contributed by atoms with E-state index in [-0.39, 0.29) is 5.78 Å². The molecule has 0 fully saturated rings. The van der Waals surface area contributed by atoms with Gasteiger partial charge in [-0.25, -0.2) is 4.68 Å². The van der Waals surface area contributed by atoms with Gasteiger partial charge in [0.1, 0.15) is 0 Å². The molecule has 1 aromatic heterocycles. The number of hydrogen-bond donors (Lipinski definition) is 0. The molecule has 11 heavy (non-hydrogen) atoms. The van der Waals surface area contributed by atoms with Gasteiger partial charge in [0.25, 0.3) is 0 Å². The van der Waals surface area contributed by atoms with Gasteiger partial charge in [-0.15, -0.1) is 0 Å². The molecule has 60 valence electrons. The molecule has 1 aromatic rings. The van der Waals surface area contributed by atoms with Crippen LogP contribution >= 0.6 is 0 Å². The third-order valence-electron chi connectivity index (χ3n) is 1.46. The quantitative estimate of drug-likeness (QED) is 0.587. The van der Waals surface area contributed by atoms with Crippen molar-refractivity contribution in [2.24, 2.45) is 7.05 Å². The van der Waals surface area contributed by atoms with Crippen molar-refractivity contribution in [2.75, 3.05) is 7.11 Å². The monoisotopic (exact) mass is 154 g/mol. The van der Waals surface area contributed by atoms with Crippen molar-refractivity contribution >= 4 is 5.78 Å². The Morgan fingerprint density at radius 3 is 2.73 bits per heavy atom. The number of carbonyl (C=O) groups is 1. The number of rotatable bonds is 2. The molecule has 0 bridgehead atoms. The van der Waals surface area contributed by atoms with Gasteiger partial charge in [-0.1, -0.05) is 0 Å². The van der Waals surface area contributed by atoms with Gasteiger partial charge in [0.05, 0.1) is 18.9 Å². The summed E-state index contributed by atoms with van der Waals surface area (Å²) >= 11 is 0. The maximum atomic E-state index is 10.9. The summed E-state index contributed by atoms with van der Waals surface area (Å²) in [4.78, 5) is 10.9. The summed E-state index contributed by atoms with van der Waals surface area (Å²) in [6.45, 7) is 1.49. The Morgan fingerprint density at radius 2 is 2.36 bits per heavy atom. The fourth-order valence-electron chi connectivity index (χ4n) is 0.910. The SMILES string of the molecule is COc1c(C(C)=O)cnn1C. The minimum absolute atomic E-state index is 0.0325. The number of aryl methyl sites for hydroxylation is 1. The van der Waals surface area contributed by atoms with Crippen molar-refractivity contribution < 1.29 is 9.53 Å². The highest BCUT2D eigenvalue weighted by Crippen LogP contribution is 2.15. The van der Waals surface area contributed by atoms with Gasteiger partial charge in [0.15, 0.2) is 5.78 Å². The molecule has 0 saturated carbocycles. The van der Waals surface area contributed by atoms with Crippen LogP contribution in [0.3, 0.4) is 0 Å².